The van der Waals surface area contributed by atoms with Gasteiger partial charge in [0.2, 0.25) is 5.79 Å². The Bertz CT molecular complexity index is 687. The van der Waals surface area contributed by atoms with Crippen LogP contribution in [0.4, 0.5) is 0 Å². The summed E-state index contributed by atoms with van der Waals surface area (Å²) in [5.41, 5.74) is 0.861. The van der Waals surface area contributed by atoms with Gasteiger partial charge in [-0.05, 0) is 24.7 Å². The number of methoxy groups -OCH3 is 2. The van der Waals surface area contributed by atoms with Gasteiger partial charge in [-0.25, -0.2) is 0 Å². The molecule has 1 aromatic rings. The fourth-order valence-corrected chi connectivity index (χ4v) is 4.32. The summed E-state index contributed by atoms with van der Waals surface area (Å²) in [6.45, 7) is 0.261. The van der Waals surface area contributed by atoms with Crippen LogP contribution in [0.1, 0.15) is 11.7 Å². The number of nitrogens with zero attached hydrogens (tertiary/aromatic N) is 1. The van der Waals surface area contributed by atoms with Crippen molar-refractivity contribution < 1.29 is 39.0 Å². The maximum atomic E-state index is 10.6. The van der Waals surface area contributed by atoms with Gasteiger partial charge in [0, 0.05) is 13.7 Å². The Balaban J connectivity index is 1.72. The summed E-state index contributed by atoms with van der Waals surface area (Å²) in [6, 6.07) is 7.12. The molecule has 9 heteroatoms. The Morgan fingerprint density at radius 1 is 1.14 bits per heavy atom. The van der Waals surface area contributed by atoms with Gasteiger partial charge in [-0.2, -0.15) is 0 Å². The number of rotatable bonds is 3. The van der Waals surface area contributed by atoms with Crippen molar-refractivity contribution in [1.29, 1.82) is 0 Å². The molecule has 0 radical (unpaired) electrons. The first-order valence-electron chi connectivity index (χ1n) is 9.28. The summed E-state index contributed by atoms with van der Waals surface area (Å²) in [6.07, 6.45) is -5.79. The van der Waals surface area contributed by atoms with Gasteiger partial charge >= 0.3 is 0 Å². The van der Waals surface area contributed by atoms with E-state index in [2.05, 4.69) is 0 Å². The van der Waals surface area contributed by atoms with Crippen molar-refractivity contribution in [2.75, 3.05) is 34.4 Å². The maximum Gasteiger partial charge on any atom is 0.223 e. The Hall–Kier alpha value is -1.30. The predicted molar refractivity (Wildman–Crippen MR) is 95.6 cm³/mol. The number of aliphatic hydroxyl groups excluding tert-OH is 3. The Morgan fingerprint density at radius 2 is 1.86 bits per heavy atom. The highest BCUT2D eigenvalue weighted by Gasteiger charge is 2.60. The zero-order chi connectivity index (χ0) is 20.1. The third-order valence-electron chi connectivity index (χ3n) is 5.92. The largest absolute Gasteiger partial charge is 0.497 e. The van der Waals surface area contributed by atoms with Crippen LogP contribution in [0.2, 0.25) is 0 Å². The molecule has 2 bridgehead atoms. The van der Waals surface area contributed by atoms with E-state index in [-0.39, 0.29) is 12.6 Å². The predicted octanol–water partition coefficient (Wildman–Crippen LogP) is -0.753. The molecular weight excluding hydrogens is 370 g/mol. The van der Waals surface area contributed by atoms with E-state index in [9.17, 15) is 15.3 Å². The second kappa shape index (κ2) is 7.51. The second-order valence-corrected chi connectivity index (χ2v) is 7.54. The van der Waals surface area contributed by atoms with Gasteiger partial charge in [-0.1, -0.05) is 12.1 Å². The van der Waals surface area contributed by atoms with Crippen molar-refractivity contribution in [2.24, 2.45) is 0 Å². The molecule has 3 N–H and O–H groups in total. The lowest BCUT2D eigenvalue weighted by molar-refractivity contribution is -0.300. The molecule has 0 amide bonds. The van der Waals surface area contributed by atoms with Crippen LogP contribution in [0, 0.1) is 0 Å². The molecule has 4 rings (SSSR count). The highest BCUT2D eigenvalue weighted by molar-refractivity contribution is 5.30. The van der Waals surface area contributed by atoms with Gasteiger partial charge in [0.05, 0.1) is 19.3 Å². The summed E-state index contributed by atoms with van der Waals surface area (Å²) in [5.74, 6) is -0.842. The molecule has 156 valence electrons. The number of likely N-dealkylation sites (N-methyl/N-ethyl adjacent to an activating group) is 1. The molecule has 9 nitrogen and oxygen atoms in total. The molecule has 28 heavy (non-hydrogen) atoms. The van der Waals surface area contributed by atoms with Gasteiger partial charge in [0.15, 0.2) is 6.29 Å². The average molecular weight is 397 g/mol. The monoisotopic (exact) mass is 397 g/mol. The molecule has 3 fully saturated rings. The van der Waals surface area contributed by atoms with Crippen LogP contribution in [0.5, 0.6) is 5.75 Å². The Morgan fingerprint density at radius 3 is 2.50 bits per heavy atom. The summed E-state index contributed by atoms with van der Waals surface area (Å²) in [4.78, 5) is 1.96. The van der Waals surface area contributed by atoms with E-state index in [1.54, 1.807) is 7.11 Å². The van der Waals surface area contributed by atoms with Crippen molar-refractivity contribution in [3.63, 3.8) is 0 Å². The minimum Gasteiger partial charge on any atom is -0.497 e. The number of likely N-dealkylation sites (tertiary alicyclic amines) is 1. The lowest BCUT2D eigenvalue weighted by atomic mass is 9.96. The van der Waals surface area contributed by atoms with Crippen LogP contribution in [0.25, 0.3) is 0 Å². The molecule has 8 unspecified atom stereocenters. The Kier molecular flexibility index (Phi) is 5.36. The first-order chi connectivity index (χ1) is 13.4. The van der Waals surface area contributed by atoms with Crippen LogP contribution in [0.15, 0.2) is 24.3 Å². The molecule has 3 heterocycles. The summed E-state index contributed by atoms with van der Waals surface area (Å²) >= 11 is 0. The Labute approximate surface area is 163 Å². The van der Waals surface area contributed by atoms with Gasteiger partial charge in [0.1, 0.15) is 36.8 Å². The normalized spacial score (nSPS) is 43.9. The lowest BCUT2D eigenvalue weighted by Gasteiger charge is -2.36. The van der Waals surface area contributed by atoms with E-state index in [4.69, 9.17) is 23.7 Å². The minimum atomic E-state index is -1.56. The zero-order valence-electron chi connectivity index (χ0n) is 16.1. The molecule has 0 saturated carbocycles. The van der Waals surface area contributed by atoms with E-state index >= 15 is 0 Å². The van der Waals surface area contributed by atoms with Gasteiger partial charge < -0.3 is 39.0 Å². The first-order valence-corrected chi connectivity index (χ1v) is 9.28. The van der Waals surface area contributed by atoms with E-state index in [1.165, 1.54) is 7.11 Å². The molecule has 0 aliphatic carbocycles. The maximum absolute atomic E-state index is 10.6. The summed E-state index contributed by atoms with van der Waals surface area (Å²) in [7, 11) is 4.86. The smallest absolute Gasteiger partial charge is 0.223 e. The zero-order valence-corrected chi connectivity index (χ0v) is 16.1. The van der Waals surface area contributed by atoms with Gasteiger partial charge in [0.25, 0.3) is 0 Å². The topological polar surface area (TPSA) is 110 Å². The number of fused-ring (bicyclic) bond motifs is 3. The quantitative estimate of drug-likeness (QED) is 0.607. The van der Waals surface area contributed by atoms with Crippen molar-refractivity contribution >= 4 is 0 Å². The number of β-amino-alcohol motifs (C(OH)–C–C–N with tert-alkyl or cyclic N) is 1. The number of aliphatic hydroxyl groups is 3. The summed E-state index contributed by atoms with van der Waals surface area (Å²) in [5, 5.41) is 31.4. The van der Waals surface area contributed by atoms with Gasteiger partial charge in [-0.3, -0.25) is 4.90 Å². The fraction of sp³-hybridized carbons (Fsp3) is 0.684. The lowest BCUT2D eigenvalue weighted by Crippen LogP contribution is -2.51. The standard InChI is InChI=1S/C19H27NO8/c1-20-8-12(21)16-13(20)15(10-4-6-11(24-2)7-5-10)26-9-19(25-3)17(23)14(22)18(27-16)28-19/h4-7,12-18,21-23H,8-9H2,1-3H3. The van der Waals surface area contributed by atoms with E-state index < -0.39 is 42.6 Å². The molecule has 8 atom stereocenters. The first kappa shape index (κ1) is 20.0. The number of hydrogen-bond acceptors (Lipinski definition) is 9. The van der Waals surface area contributed by atoms with E-state index in [0.717, 1.165) is 5.56 Å². The van der Waals surface area contributed by atoms with E-state index in [1.807, 2.05) is 36.2 Å². The average Bonchev–Trinajstić information content (AvgIpc) is 3.14. The summed E-state index contributed by atoms with van der Waals surface area (Å²) < 4.78 is 28.5. The van der Waals surface area contributed by atoms with Crippen LogP contribution >= 0.6 is 0 Å². The highest BCUT2D eigenvalue weighted by Crippen LogP contribution is 2.42. The number of benzene rings is 1. The number of hydrogen-bond donors (Lipinski definition) is 3. The third-order valence-corrected chi connectivity index (χ3v) is 5.92. The molecule has 3 saturated heterocycles. The van der Waals surface area contributed by atoms with Crippen LogP contribution in [0.3, 0.4) is 0 Å². The fourth-order valence-electron chi connectivity index (χ4n) is 4.32. The van der Waals surface area contributed by atoms with Crippen LogP contribution in [-0.2, 0) is 18.9 Å². The van der Waals surface area contributed by atoms with Crippen molar-refractivity contribution in [3.8, 4) is 5.75 Å². The second-order valence-electron chi connectivity index (χ2n) is 7.54. The van der Waals surface area contributed by atoms with Crippen molar-refractivity contribution in [3.05, 3.63) is 29.8 Å². The van der Waals surface area contributed by atoms with Gasteiger partial charge in [-0.15, -0.1) is 0 Å². The van der Waals surface area contributed by atoms with Crippen molar-refractivity contribution in [2.45, 2.75) is 48.6 Å². The minimum absolute atomic E-state index is 0.120. The molecule has 0 spiro atoms. The molecule has 3 aliphatic rings. The van der Waals surface area contributed by atoms with Crippen LogP contribution < -0.4 is 4.74 Å². The SMILES string of the molecule is COc1ccc(C2OCC3(OC)OC(OC4C(O)CN(C)C24)C(O)C3O)cc1. The van der Waals surface area contributed by atoms with E-state index in [0.29, 0.717) is 12.3 Å². The molecule has 1 aromatic carbocycles. The van der Waals surface area contributed by atoms with Crippen LogP contribution in [-0.4, -0.2) is 97.2 Å². The molecular formula is C19H27NO8. The number of ether oxygens (including phenoxy) is 5. The highest BCUT2D eigenvalue weighted by atomic mass is 16.8. The van der Waals surface area contributed by atoms with Crippen molar-refractivity contribution in [1.82, 2.24) is 4.90 Å². The third kappa shape index (κ3) is 3.12. The molecule has 3 aliphatic heterocycles. The molecule has 0 aromatic heterocycles.